The standard InChI is InChI=1S/C19H24N4O4S/c24-19(17-13-16(20-21-17)18-7-4-12-27-18)22-8-10-23(11-9-22)28(25,26)14-15-5-2-1-3-6-15/h1-7,12,16-17,20-21H,8-11,13-14H2. The molecule has 0 spiro atoms. The Labute approximate surface area is 164 Å². The van der Waals surface area contributed by atoms with Gasteiger partial charge in [0.05, 0.1) is 18.1 Å². The lowest BCUT2D eigenvalue weighted by molar-refractivity contribution is -0.134. The largest absolute Gasteiger partial charge is 0.468 e. The summed E-state index contributed by atoms with van der Waals surface area (Å²) >= 11 is 0. The first-order chi connectivity index (χ1) is 13.5. The molecule has 2 fully saturated rings. The first kappa shape index (κ1) is 19.1. The van der Waals surface area contributed by atoms with E-state index < -0.39 is 10.0 Å². The highest BCUT2D eigenvalue weighted by Gasteiger charge is 2.36. The molecule has 0 radical (unpaired) electrons. The van der Waals surface area contributed by atoms with Crippen molar-refractivity contribution in [2.45, 2.75) is 24.3 Å². The first-order valence-corrected chi connectivity index (χ1v) is 11.0. The van der Waals surface area contributed by atoms with E-state index in [0.29, 0.717) is 32.6 Å². The molecule has 0 saturated carbocycles. The van der Waals surface area contributed by atoms with Crippen LogP contribution in [0.15, 0.2) is 53.1 Å². The number of hydrogen-bond donors (Lipinski definition) is 2. The van der Waals surface area contributed by atoms with Gasteiger partial charge < -0.3 is 9.32 Å². The third kappa shape index (κ3) is 4.12. The maximum absolute atomic E-state index is 12.8. The number of nitrogens with zero attached hydrogens (tertiary/aromatic N) is 2. The third-order valence-corrected chi connectivity index (χ3v) is 7.07. The second-order valence-corrected chi connectivity index (χ2v) is 9.08. The zero-order valence-corrected chi connectivity index (χ0v) is 16.3. The molecule has 3 heterocycles. The Morgan fingerprint density at radius 3 is 2.46 bits per heavy atom. The Morgan fingerprint density at radius 1 is 1.04 bits per heavy atom. The number of piperazine rings is 1. The van der Waals surface area contributed by atoms with Crippen LogP contribution in [-0.2, 0) is 20.6 Å². The lowest BCUT2D eigenvalue weighted by Crippen LogP contribution is -2.54. The van der Waals surface area contributed by atoms with Crippen LogP contribution < -0.4 is 10.9 Å². The predicted molar refractivity (Wildman–Crippen MR) is 103 cm³/mol. The van der Waals surface area contributed by atoms with Crippen molar-refractivity contribution in [1.82, 2.24) is 20.1 Å². The summed E-state index contributed by atoms with van der Waals surface area (Å²) in [5.41, 5.74) is 6.89. The molecule has 2 atom stereocenters. The van der Waals surface area contributed by atoms with Crippen LogP contribution in [0.1, 0.15) is 23.8 Å². The fourth-order valence-electron chi connectivity index (χ4n) is 3.68. The molecule has 2 N–H and O–H groups in total. The number of amides is 1. The summed E-state index contributed by atoms with van der Waals surface area (Å²) < 4.78 is 32.2. The molecule has 0 aliphatic carbocycles. The number of carbonyl (C=O) groups excluding carboxylic acids is 1. The van der Waals surface area contributed by atoms with E-state index in [1.54, 1.807) is 11.2 Å². The monoisotopic (exact) mass is 404 g/mol. The Morgan fingerprint density at radius 2 is 1.79 bits per heavy atom. The molecule has 2 aromatic rings. The lowest BCUT2D eigenvalue weighted by Gasteiger charge is -2.35. The Bertz CT molecular complexity index is 893. The van der Waals surface area contributed by atoms with Crippen molar-refractivity contribution in [2.75, 3.05) is 26.2 Å². The fraction of sp³-hybridized carbons (Fsp3) is 0.421. The topological polar surface area (TPSA) is 94.9 Å². The quantitative estimate of drug-likeness (QED) is 0.768. The van der Waals surface area contributed by atoms with Gasteiger partial charge in [0.1, 0.15) is 11.8 Å². The summed E-state index contributed by atoms with van der Waals surface area (Å²) in [4.78, 5) is 14.5. The smallest absolute Gasteiger partial charge is 0.241 e. The second-order valence-electron chi connectivity index (χ2n) is 7.11. The summed E-state index contributed by atoms with van der Waals surface area (Å²) in [6, 6.07) is 12.5. The number of sulfonamides is 1. The van der Waals surface area contributed by atoms with Crippen molar-refractivity contribution in [1.29, 1.82) is 0 Å². The fourth-order valence-corrected chi connectivity index (χ4v) is 5.19. The molecule has 8 nitrogen and oxygen atoms in total. The van der Waals surface area contributed by atoms with Crippen LogP contribution in [0, 0.1) is 0 Å². The zero-order chi connectivity index (χ0) is 19.6. The molecule has 1 aromatic heterocycles. The van der Waals surface area contributed by atoms with Gasteiger partial charge in [-0.2, -0.15) is 4.31 Å². The van der Waals surface area contributed by atoms with Crippen LogP contribution >= 0.6 is 0 Å². The van der Waals surface area contributed by atoms with Crippen molar-refractivity contribution in [3.63, 3.8) is 0 Å². The van der Waals surface area contributed by atoms with E-state index in [0.717, 1.165) is 11.3 Å². The van der Waals surface area contributed by atoms with Gasteiger partial charge in [0.25, 0.3) is 0 Å². The van der Waals surface area contributed by atoms with Crippen LogP contribution in [0.4, 0.5) is 0 Å². The van der Waals surface area contributed by atoms with Crippen molar-refractivity contribution in [3.05, 3.63) is 60.1 Å². The summed E-state index contributed by atoms with van der Waals surface area (Å²) in [7, 11) is -3.39. The van der Waals surface area contributed by atoms with Gasteiger partial charge in [-0.3, -0.25) is 4.79 Å². The van der Waals surface area contributed by atoms with Crippen LogP contribution in [0.5, 0.6) is 0 Å². The van der Waals surface area contributed by atoms with Crippen molar-refractivity contribution in [2.24, 2.45) is 0 Å². The maximum atomic E-state index is 12.8. The van der Waals surface area contributed by atoms with Gasteiger partial charge in [-0.1, -0.05) is 30.3 Å². The molecule has 1 amide bonds. The van der Waals surface area contributed by atoms with E-state index in [4.69, 9.17) is 4.42 Å². The van der Waals surface area contributed by atoms with Crippen LogP contribution in [0.25, 0.3) is 0 Å². The molecular weight excluding hydrogens is 380 g/mol. The van der Waals surface area contributed by atoms with E-state index in [-0.39, 0.29) is 23.7 Å². The van der Waals surface area contributed by atoms with E-state index in [1.165, 1.54) is 4.31 Å². The summed E-state index contributed by atoms with van der Waals surface area (Å²) in [5.74, 6) is 0.766. The van der Waals surface area contributed by atoms with Crippen molar-refractivity contribution >= 4 is 15.9 Å². The van der Waals surface area contributed by atoms with Crippen LogP contribution in [-0.4, -0.2) is 55.8 Å². The first-order valence-electron chi connectivity index (χ1n) is 9.38. The molecule has 2 unspecified atom stereocenters. The number of benzene rings is 1. The van der Waals surface area contributed by atoms with Gasteiger partial charge in [-0.05, 0) is 24.1 Å². The summed E-state index contributed by atoms with van der Waals surface area (Å²) in [5, 5.41) is 0. The Balaban J connectivity index is 1.31. The number of rotatable bonds is 5. The molecule has 2 saturated heterocycles. The van der Waals surface area contributed by atoms with E-state index in [1.807, 2.05) is 42.5 Å². The molecule has 1 aromatic carbocycles. The van der Waals surface area contributed by atoms with E-state index >= 15 is 0 Å². The van der Waals surface area contributed by atoms with Gasteiger partial charge in [-0.15, -0.1) is 0 Å². The summed E-state index contributed by atoms with van der Waals surface area (Å²) in [6.45, 7) is 1.44. The summed E-state index contributed by atoms with van der Waals surface area (Å²) in [6.07, 6.45) is 2.21. The number of hydrogen-bond acceptors (Lipinski definition) is 6. The average molecular weight is 404 g/mol. The molecule has 2 aliphatic rings. The van der Waals surface area contributed by atoms with Crippen LogP contribution in [0.2, 0.25) is 0 Å². The number of nitrogens with one attached hydrogen (secondary N) is 2. The number of furan rings is 1. The maximum Gasteiger partial charge on any atom is 0.241 e. The molecule has 150 valence electrons. The molecule has 2 aliphatic heterocycles. The van der Waals surface area contributed by atoms with Crippen molar-refractivity contribution < 1.29 is 17.6 Å². The van der Waals surface area contributed by atoms with Gasteiger partial charge >= 0.3 is 0 Å². The molecule has 9 heteroatoms. The van der Waals surface area contributed by atoms with Crippen LogP contribution in [0.3, 0.4) is 0 Å². The number of carbonyl (C=O) groups is 1. The Hall–Kier alpha value is -2.20. The average Bonchev–Trinajstić information content (AvgIpc) is 3.40. The lowest BCUT2D eigenvalue weighted by atomic mass is 10.1. The Kier molecular flexibility index (Phi) is 5.49. The molecule has 0 bridgehead atoms. The minimum Gasteiger partial charge on any atom is -0.468 e. The van der Waals surface area contributed by atoms with E-state index in [9.17, 15) is 13.2 Å². The van der Waals surface area contributed by atoms with Gasteiger partial charge in [0, 0.05) is 26.2 Å². The minimum atomic E-state index is -3.39. The molecule has 4 rings (SSSR count). The molecule has 28 heavy (non-hydrogen) atoms. The van der Waals surface area contributed by atoms with E-state index in [2.05, 4.69) is 10.9 Å². The highest BCUT2D eigenvalue weighted by atomic mass is 32.2. The normalized spacial score (nSPS) is 23.8. The van der Waals surface area contributed by atoms with Gasteiger partial charge in [0.15, 0.2) is 0 Å². The van der Waals surface area contributed by atoms with Crippen molar-refractivity contribution in [3.8, 4) is 0 Å². The SMILES string of the molecule is O=C(C1CC(c2ccco2)NN1)N1CCN(S(=O)(=O)Cc2ccccc2)CC1. The molecular formula is C19H24N4O4S. The van der Waals surface area contributed by atoms with Gasteiger partial charge in [-0.25, -0.2) is 19.3 Å². The highest BCUT2D eigenvalue weighted by molar-refractivity contribution is 7.88. The zero-order valence-electron chi connectivity index (χ0n) is 15.5. The number of hydrazine groups is 1. The highest BCUT2D eigenvalue weighted by Crippen LogP contribution is 2.24. The minimum absolute atomic E-state index is 0.0123. The van der Waals surface area contributed by atoms with Gasteiger partial charge in [0.2, 0.25) is 15.9 Å². The third-order valence-electron chi connectivity index (χ3n) is 5.22. The predicted octanol–water partition coefficient (Wildman–Crippen LogP) is 0.861. The second kappa shape index (κ2) is 8.04.